The molecule has 4 nitrogen and oxygen atoms in total. The summed E-state index contributed by atoms with van der Waals surface area (Å²) in [5.41, 5.74) is -0.256. The standard InChI is InChI=1S/C19H12Cl2F3N3OS/c20-13-7-6-12(19(22,23)24)8-15(13)26-17(28)16-14(21)9-25-18(27-16)29-10-11-4-2-1-3-5-11/h1-9H,10H2,(H,26,28). The second-order valence-corrected chi connectivity index (χ2v) is 7.53. The highest BCUT2D eigenvalue weighted by Crippen LogP contribution is 2.34. The van der Waals surface area contributed by atoms with E-state index in [9.17, 15) is 18.0 Å². The Morgan fingerprint density at radius 2 is 1.79 bits per heavy atom. The molecule has 2 aromatic carbocycles. The molecule has 1 aromatic heterocycles. The molecular formula is C19H12Cl2F3N3OS. The molecule has 0 saturated heterocycles. The number of anilines is 1. The van der Waals surface area contributed by atoms with Crippen LogP contribution in [0, 0.1) is 0 Å². The number of aromatic nitrogens is 2. The van der Waals surface area contributed by atoms with Crippen molar-refractivity contribution in [1.29, 1.82) is 0 Å². The van der Waals surface area contributed by atoms with Crippen molar-refractivity contribution < 1.29 is 18.0 Å². The molecule has 1 N–H and O–H groups in total. The van der Waals surface area contributed by atoms with E-state index in [4.69, 9.17) is 23.2 Å². The third-order valence-electron chi connectivity index (χ3n) is 3.69. The molecule has 29 heavy (non-hydrogen) atoms. The van der Waals surface area contributed by atoms with Crippen molar-refractivity contribution in [1.82, 2.24) is 9.97 Å². The summed E-state index contributed by atoms with van der Waals surface area (Å²) in [7, 11) is 0. The number of nitrogens with one attached hydrogen (secondary N) is 1. The van der Waals surface area contributed by atoms with Gasteiger partial charge in [0.2, 0.25) is 0 Å². The summed E-state index contributed by atoms with van der Waals surface area (Å²) >= 11 is 13.2. The maximum atomic E-state index is 12.9. The zero-order chi connectivity index (χ0) is 21.0. The van der Waals surface area contributed by atoms with E-state index in [-0.39, 0.29) is 21.4 Å². The zero-order valence-corrected chi connectivity index (χ0v) is 16.8. The van der Waals surface area contributed by atoms with Gasteiger partial charge < -0.3 is 5.32 Å². The number of nitrogens with zero attached hydrogens (tertiary/aromatic N) is 2. The van der Waals surface area contributed by atoms with Crippen molar-refractivity contribution in [2.24, 2.45) is 0 Å². The van der Waals surface area contributed by atoms with Crippen LogP contribution >= 0.6 is 35.0 Å². The third-order valence-corrected chi connectivity index (χ3v) is 5.23. The van der Waals surface area contributed by atoms with Crippen molar-refractivity contribution in [2.45, 2.75) is 17.1 Å². The third kappa shape index (κ3) is 5.62. The number of thioether (sulfide) groups is 1. The molecule has 1 heterocycles. The quantitative estimate of drug-likeness (QED) is 0.358. The van der Waals surface area contributed by atoms with Crippen LogP contribution in [0.5, 0.6) is 0 Å². The van der Waals surface area contributed by atoms with E-state index in [1.165, 1.54) is 18.0 Å². The molecule has 0 aliphatic rings. The fourth-order valence-electron chi connectivity index (χ4n) is 2.28. The summed E-state index contributed by atoms with van der Waals surface area (Å²) in [6.07, 6.45) is -3.30. The molecule has 3 aromatic rings. The minimum atomic E-state index is -4.57. The first-order chi connectivity index (χ1) is 13.7. The predicted molar refractivity (Wildman–Crippen MR) is 107 cm³/mol. The van der Waals surface area contributed by atoms with Gasteiger partial charge in [0.15, 0.2) is 10.9 Å². The van der Waals surface area contributed by atoms with Crippen LogP contribution in [0.4, 0.5) is 18.9 Å². The number of carbonyl (C=O) groups excluding carboxylic acids is 1. The van der Waals surface area contributed by atoms with E-state index in [0.29, 0.717) is 10.9 Å². The average Bonchev–Trinajstić information content (AvgIpc) is 2.69. The monoisotopic (exact) mass is 457 g/mol. The van der Waals surface area contributed by atoms with Crippen molar-refractivity contribution in [2.75, 3.05) is 5.32 Å². The lowest BCUT2D eigenvalue weighted by Gasteiger charge is -2.12. The van der Waals surface area contributed by atoms with Gasteiger partial charge in [-0.05, 0) is 23.8 Å². The molecule has 150 valence electrons. The van der Waals surface area contributed by atoms with Crippen molar-refractivity contribution in [3.05, 3.63) is 81.6 Å². The smallest absolute Gasteiger partial charge is 0.319 e. The largest absolute Gasteiger partial charge is 0.416 e. The van der Waals surface area contributed by atoms with Gasteiger partial charge in [0.1, 0.15) is 0 Å². The Morgan fingerprint density at radius 3 is 2.48 bits per heavy atom. The number of hydrogen-bond acceptors (Lipinski definition) is 4. The van der Waals surface area contributed by atoms with E-state index in [2.05, 4.69) is 15.3 Å². The van der Waals surface area contributed by atoms with E-state index >= 15 is 0 Å². The summed E-state index contributed by atoms with van der Waals surface area (Å²) in [5, 5.41) is 2.55. The van der Waals surface area contributed by atoms with Crippen LogP contribution in [0.15, 0.2) is 59.9 Å². The van der Waals surface area contributed by atoms with Crippen LogP contribution < -0.4 is 5.32 Å². The lowest BCUT2D eigenvalue weighted by Crippen LogP contribution is -2.16. The maximum absolute atomic E-state index is 12.9. The zero-order valence-electron chi connectivity index (χ0n) is 14.5. The SMILES string of the molecule is O=C(Nc1cc(C(F)(F)F)ccc1Cl)c1nc(SCc2ccccc2)ncc1Cl. The fraction of sp³-hybridized carbons (Fsp3) is 0.105. The van der Waals surface area contributed by atoms with E-state index in [1.54, 1.807) is 0 Å². The molecule has 3 rings (SSSR count). The Labute approximate surface area is 178 Å². The molecule has 0 aliphatic heterocycles. The highest BCUT2D eigenvalue weighted by Gasteiger charge is 2.31. The van der Waals surface area contributed by atoms with Crippen LogP contribution in [0.2, 0.25) is 10.0 Å². The molecule has 0 unspecified atom stereocenters. The van der Waals surface area contributed by atoms with Gasteiger partial charge in [0.25, 0.3) is 5.91 Å². The first kappa shape index (κ1) is 21.4. The molecule has 0 spiro atoms. The minimum Gasteiger partial charge on any atom is -0.319 e. The van der Waals surface area contributed by atoms with Crippen molar-refractivity contribution in [3.63, 3.8) is 0 Å². The van der Waals surface area contributed by atoms with Crippen LogP contribution in [0.3, 0.4) is 0 Å². The normalized spacial score (nSPS) is 11.3. The van der Waals surface area contributed by atoms with Gasteiger partial charge in [-0.3, -0.25) is 4.79 Å². The van der Waals surface area contributed by atoms with Crippen LogP contribution in [-0.4, -0.2) is 15.9 Å². The van der Waals surface area contributed by atoms with Crippen LogP contribution in [0.1, 0.15) is 21.6 Å². The lowest BCUT2D eigenvalue weighted by atomic mass is 10.2. The Hall–Kier alpha value is -2.29. The molecule has 0 bridgehead atoms. The number of alkyl halides is 3. The van der Waals surface area contributed by atoms with E-state index < -0.39 is 17.6 Å². The highest BCUT2D eigenvalue weighted by molar-refractivity contribution is 7.98. The number of carbonyl (C=O) groups is 1. The van der Waals surface area contributed by atoms with E-state index in [1.807, 2.05) is 30.3 Å². The van der Waals surface area contributed by atoms with Crippen LogP contribution in [0.25, 0.3) is 0 Å². The van der Waals surface area contributed by atoms with Crippen molar-refractivity contribution in [3.8, 4) is 0 Å². The van der Waals surface area contributed by atoms with Gasteiger partial charge in [-0.25, -0.2) is 9.97 Å². The highest BCUT2D eigenvalue weighted by atomic mass is 35.5. The second-order valence-electron chi connectivity index (χ2n) is 5.77. The van der Waals surface area contributed by atoms with Gasteiger partial charge in [-0.15, -0.1) is 0 Å². The molecule has 0 fully saturated rings. The first-order valence-electron chi connectivity index (χ1n) is 8.11. The predicted octanol–water partition coefficient (Wildman–Crippen LogP) is 6.35. The summed E-state index contributed by atoms with van der Waals surface area (Å²) in [4.78, 5) is 20.7. The number of amides is 1. The Balaban J connectivity index is 1.79. The van der Waals surface area contributed by atoms with Gasteiger partial charge in [0, 0.05) is 5.75 Å². The lowest BCUT2D eigenvalue weighted by molar-refractivity contribution is -0.137. The Morgan fingerprint density at radius 1 is 1.07 bits per heavy atom. The molecule has 10 heteroatoms. The summed E-state index contributed by atoms with van der Waals surface area (Å²) < 4.78 is 38.7. The van der Waals surface area contributed by atoms with Gasteiger partial charge in [0.05, 0.1) is 27.5 Å². The Bertz CT molecular complexity index is 1030. The number of benzene rings is 2. The van der Waals surface area contributed by atoms with Crippen LogP contribution in [-0.2, 0) is 11.9 Å². The average molecular weight is 458 g/mol. The van der Waals surface area contributed by atoms with Gasteiger partial charge in [-0.2, -0.15) is 13.2 Å². The molecule has 0 aliphatic carbocycles. The number of hydrogen-bond donors (Lipinski definition) is 1. The van der Waals surface area contributed by atoms with Gasteiger partial charge >= 0.3 is 6.18 Å². The molecule has 0 atom stereocenters. The van der Waals surface area contributed by atoms with E-state index in [0.717, 1.165) is 23.8 Å². The fourth-order valence-corrected chi connectivity index (χ4v) is 3.39. The molecule has 1 amide bonds. The Kier molecular flexibility index (Phi) is 6.66. The topological polar surface area (TPSA) is 54.9 Å². The maximum Gasteiger partial charge on any atom is 0.416 e. The first-order valence-corrected chi connectivity index (χ1v) is 9.85. The summed E-state index contributed by atoms with van der Waals surface area (Å²) in [6, 6.07) is 12.2. The number of rotatable bonds is 5. The second kappa shape index (κ2) is 9.02. The number of halogens is 5. The molecule has 0 radical (unpaired) electrons. The molecular weight excluding hydrogens is 446 g/mol. The minimum absolute atomic E-state index is 0.0327. The van der Waals surface area contributed by atoms with Crippen molar-refractivity contribution >= 4 is 46.6 Å². The summed E-state index contributed by atoms with van der Waals surface area (Å²) in [5.74, 6) is -0.219. The van der Waals surface area contributed by atoms with Gasteiger partial charge in [-0.1, -0.05) is 65.3 Å². The summed E-state index contributed by atoms with van der Waals surface area (Å²) in [6.45, 7) is 0. The molecule has 0 saturated carbocycles.